The zero-order valence-electron chi connectivity index (χ0n) is 16.2. The van der Waals surface area contributed by atoms with Gasteiger partial charge >= 0.3 is 0 Å². The second-order valence-corrected chi connectivity index (χ2v) is 6.53. The fourth-order valence-electron chi connectivity index (χ4n) is 2.73. The lowest BCUT2D eigenvalue weighted by molar-refractivity contribution is -0.384. The maximum Gasteiger partial charge on any atom is 0.269 e. The zero-order chi connectivity index (χ0) is 21.2. The minimum Gasteiger partial charge on any atom is -0.488 e. The van der Waals surface area contributed by atoms with Gasteiger partial charge in [-0.05, 0) is 41.8 Å². The van der Waals surface area contributed by atoms with E-state index in [1.54, 1.807) is 18.2 Å². The van der Waals surface area contributed by atoms with Crippen LogP contribution in [0.25, 0.3) is 0 Å². The molecule has 3 aromatic rings. The summed E-state index contributed by atoms with van der Waals surface area (Å²) >= 11 is 0. The monoisotopic (exact) mass is 403 g/mol. The minimum absolute atomic E-state index is 0.0364. The third-order valence-electron chi connectivity index (χ3n) is 4.34. The molecule has 0 bridgehead atoms. The van der Waals surface area contributed by atoms with Crippen molar-refractivity contribution in [1.82, 2.24) is 5.43 Å². The van der Waals surface area contributed by atoms with Gasteiger partial charge in [-0.1, -0.05) is 42.5 Å². The summed E-state index contributed by atoms with van der Waals surface area (Å²) in [6.07, 6.45) is 2.53. The molecule has 3 rings (SSSR count). The number of rotatable bonds is 9. The molecular formula is C23H21N3O4. The number of carbonyl (C=O) groups excluding carboxylic acids is 1. The standard InChI is InChI=1S/C23H21N3O4/c27-23(15-12-18-6-2-1-3-7-18)25-24-16-20-8-4-5-9-22(20)30-17-19-10-13-21(14-11-19)26(28)29/h1-11,13-14,16H,12,15,17H2,(H,25,27)/b24-16-. The number of nitro groups is 1. The molecule has 7 heteroatoms. The van der Waals surface area contributed by atoms with Crippen LogP contribution in [0.2, 0.25) is 0 Å². The Morgan fingerprint density at radius 2 is 1.67 bits per heavy atom. The molecule has 0 aromatic heterocycles. The number of nitrogens with one attached hydrogen (secondary N) is 1. The van der Waals surface area contributed by atoms with E-state index in [2.05, 4.69) is 10.5 Å². The predicted octanol–water partition coefficient (Wildman–Crippen LogP) is 4.26. The fourth-order valence-corrected chi connectivity index (χ4v) is 2.73. The van der Waals surface area contributed by atoms with Crippen molar-refractivity contribution in [3.05, 3.63) is 106 Å². The molecule has 152 valence electrons. The number of hydrogen-bond acceptors (Lipinski definition) is 5. The number of aryl methyl sites for hydroxylation is 1. The summed E-state index contributed by atoms with van der Waals surface area (Å²) in [5, 5.41) is 14.7. The smallest absolute Gasteiger partial charge is 0.269 e. The summed E-state index contributed by atoms with van der Waals surface area (Å²) in [7, 11) is 0. The van der Waals surface area contributed by atoms with E-state index in [0.29, 0.717) is 24.2 Å². The van der Waals surface area contributed by atoms with Crippen LogP contribution in [-0.4, -0.2) is 17.0 Å². The van der Waals surface area contributed by atoms with E-state index >= 15 is 0 Å². The van der Waals surface area contributed by atoms with Crippen LogP contribution in [0.3, 0.4) is 0 Å². The van der Waals surface area contributed by atoms with E-state index in [4.69, 9.17) is 4.74 Å². The summed E-state index contributed by atoms with van der Waals surface area (Å²) in [4.78, 5) is 22.3. The highest BCUT2D eigenvalue weighted by Gasteiger charge is 2.06. The third kappa shape index (κ3) is 6.27. The van der Waals surface area contributed by atoms with Gasteiger partial charge in [0.15, 0.2) is 0 Å². The van der Waals surface area contributed by atoms with Crippen molar-refractivity contribution in [3.63, 3.8) is 0 Å². The maximum atomic E-state index is 12.0. The molecule has 0 unspecified atom stereocenters. The van der Waals surface area contributed by atoms with Gasteiger partial charge in [0.05, 0.1) is 11.1 Å². The molecule has 1 N–H and O–H groups in total. The molecule has 0 heterocycles. The van der Waals surface area contributed by atoms with E-state index < -0.39 is 4.92 Å². The number of ether oxygens (including phenoxy) is 1. The van der Waals surface area contributed by atoms with Crippen LogP contribution >= 0.6 is 0 Å². The molecule has 0 aliphatic rings. The van der Waals surface area contributed by atoms with Crippen LogP contribution in [0, 0.1) is 10.1 Å². The molecule has 0 radical (unpaired) electrons. The molecule has 7 nitrogen and oxygen atoms in total. The van der Waals surface area contributed by atoms with Crippen molar-refractivity contribution >= 4 is 17.8 Å². The molecule has 0 atom stereocenters. The topological polar surface area (TPSA) is 93.8 Å². The molecule has 0 aliphatic heterocycles. The molecule has 0 fully saturated rings. The molecule has 0 saturated heterocycles. The zero-order valence-corrected chi connectivity index (χ0v) is 16.2. The van der Waals surface area contributed by atoms with Crippen molar-refractivity contribution in [2.75, 3.05) is 0 Å². The lowest BCUT2D eigenvalue weighted by Gasteiger charge is -2.09. The van der Waals surface area contributed by atoms with Gasteiger partial charge in [0.1, 0.15) is 12.4 Å². The lowest BCUT2D eigenvalue weighted by Crippen LogP contribution is -2.17. The normalized spacial score (nSPS) is 10.7. The third-order valence-corrected chi connectivity index (χ3v) is 4.34. The second kappa shape index (κ2) is 10.5. The van der Waals surface area contributed by atoms with E-state index in [0.717, 1.165) is 11.1 Å². The number of hydrogen-bond donors (Lipinski definition) is 1. The van der Waals surface area contributed by atoms with Crippen LogP contribution < -0.4 is 10.2 Å². The number of benzene rings is 3. The van der Waals surface area contributed by atoms with Gasteiger partial charge in [0, 0.05) is 24.1 Å². The fraction of sp³-hybridized carbons (Fsp3) is 0.130. The average Bonchev–Trinajstić information content (AvgIpc) is 2.78. The Bertz CT molecular complexity index is 1020. The highest BCUT2D eigenvalue weighted by Crippen LogP contribution is 2.19. The summed E-state index contributed by atoms with van der Waals surface area (Å²) in [6, 6.07) is 23.3. The minimum atomic E-state index is -0.440. The first-order valence-corrected chi connectivity index (χ1v) is 9.43. The molecule has 3 aromatic carbocycles. The number of para-hydroxylation sites is 1. The van der Waals surface area contributed by atoms with Crippen LogP contribution in [0.15, 0.2) is 84.0 Å². The van der Waals surface area contributed by atoms with Crippen molar-refractivity contribution in [2.24, 2.45) is 5.10 Å². The van der Waals surface area contributed by atoms with Crippen LogP contribution in [0.4, 0.5) is 5.69 Å². The molecule has 0 spiro atoms. The highest BCUT2D eigenvalue weighted by atomic mass is 16.6. The number of amides is 1. The highest BCUT2D eigenvalue weighted by molar-refractivity contribution is 5.85. The van der Waals surface area contributed by atoms with Gasteiger partial charge in [-0.2, -0.15) is 5.10 Å². The first kappa shape index (κ1) is 20.7. The molecule has 0 aliphatic carbocycles. The predicted molar refractivity (Wildman–Crippen MR) is 114 cm³/mol. The molecule has 1 amide bonds. The number of nitrogens with zero attached hydrogens (tertiary/aromatic N) is 2. The largest absolute Gasteiger partial charge is 0.488 e. The van der Waals surface area contributed by atoms with Crippen LogP contribution in [0.1, 0.15) is 23.1 Å². The number of nitro benzene ring substituents is 1. The molecule has 30 heavy (non-hydrogen) atoms. The Kier molecular flexibility index (Phi) is 7.27. The Morgan fingerprint density at radius 1 is 0.967 bits per heavy atom. The molecular weight excluding hydrogens is 382 g/mol. The second-order valence-electron chi connectivity index (χ2n) is 6.53. The Balaban J connectivity index is 1.52. The summed E-state index contributed by atoms with van der Waals surface area (Å²) in [5.41, 5.74) is 5.18. The summed E-state index contributed by atoms with van der Waals surface area (Å²) < 4.78 is 5.81. The van der Waals surface area contributed by atoms with E-state index in [-0.39, 0.29) is 18.2 Å². The molecule has 0 saturated carbocycles. The van der Waals surface area contributed by atoms with E-state index in [9.17, 15) is 14.9 Å². The van der Waals surface area contributed by atoms with E-state index in [1.807, 2.05) is 48.5 Å². The van der Waals surface area contributed by atoms with E-state index in [1.165, 1.54) is 18.3 Å². The van der Waals surface area contributed by atoms with Crippen molar-refractivity contribution in [1.29, 1.82) is 0 Å². The van der Waals surface area contributed by atoms with Gasteiger partial charge in [-0.25, -0.2) is 5.43 Å². The SMILES string of the molecule is O=C(CCc1ccccc1)N/N=C\c1ccccc1OCc1ccc([N+](=O)[O-])cc1. The number of carbonyl (C=O) groups is 1. The van der Waals surface area contributed by atoms with Gasteiger partial charge in [-0.15, -0.1) is 0 Å². The number of non-ortho nitro benzene ring substituents is 1. The summed E-state index contributed by atoms with van der Waals surface area (Å²) in [6.45, 7) is 0.256. The van der Waals surface area contributed by atoms with Gasteiger partial charge in [-0.3, -0.25) is 14.9 Å². The quantitative estimate of drug-likeness (QED) is 0.328. The lowest BCUT2D eigenvalue weighted by atomic mass is 10.1. The van der Waals surface area contributed by atoms with Gasteiger partial charge in [0.25, 0.3) is 5.69 Å². The van der Waals surface area contributed by atoms with Gasteiger partial charge < -0.3 is 4.74 Å². The Hall–Kier alpha value is -4.00. The number of hydrazone groups is 1. The van der Waals surface area contributed by atoms with Crippen molar-refractivity contribution in [3.8, 4) is 5.75 Å². The van der Waals surface area contributed by atoms with Crippen LogP contribution in [-0.2, 0) is 17.8 Å². The van der Waals surface area contributed by atoms with Crippen molar-refractivity contribution in [2.45, 2.75) is 19.4 Å². The first-order chi connectivity index (χ1) is 14.6. The van der Waals surface area contributed by atoms with Crippen LogP contribution in [0.5, 0.6) is 5.75 Å². The first-order valence-electron chi connectivity index (χ1n) is 9.43. The van der Waals surface area contributed by atoms with Crippen molar-refractivity contribution < 1.29 is 14.5 Å². The maximum absolute atomic E-state index is 12.0. The Labute approximate surface area is 174 Å². The Morgan fingerprint density at radius 3 is 2.40 bits per heavy atom. The average molecular weight is 403 g/mol. The van der Waals surface area contributed by atoms with Gasteiger partial charge in [0.2, 0.25) is 5.91 Å². The summed E-state index contributed by atoms with van der Waals surface area (Å²) in [5.74, 6) is 0.428.